The zero-order chi connectivity index (χ0) is 15.2. The van der Waals surface area contributed by atoms with Crippen molar-refractivity contribution in [1.82, 2.24) is 9.80 Å². The van der Waals surface area contributed by atoms with E-state index in [1.807, 2.05) is 48.9 Å². The fourth-order valence-corrected chi connectivity index (χ4v) is 2.46. The van der Waals surface area contributed by atoms with Crippen LogP contribution in [0.4, 0.5) is 0 Å². The minimum atomic E-state index is 0.167. The van der Waals surface area contributed by atoms with Crippen LogP contribution < -0.4 is 9.47 Å². The van der Waals surface area contributed by atoms with Gasteiger partial charge in [-0.1, -0.05) is 6.07 Å². The van der Waals surface area contributed by atoms with Crippen LogP contribution >= 0.6 is 0 Å². The van der Waals surface area contributed by atoms with Crippen molar-refractivity contribution in [2.45, 2.75) is 20.4 Å². The number of hydrogen-bond acceptors (Lipinski definition) is 4. The summed E-state index contributed by atoms with van der Waals surface area (Å²) < 4.78 is 11.1. The molecule has 5 nitrogen and oxygen atoms in total. The maximum atomic E-state index is 12.1. The lowest BCUT2D eigenvalue weighted by Crippen LogP contribution is -2.38. The van der Waals surface area contributed by atoms with Crippen molar-refractivity contribution in [2.75, 3.05) is 39.9 Å². The van der Waals surface area contributed by atoms with Gasteiger partial charge in [0.1, 0.15) is 13.2 Å². The topological polar surface area (TPSA) is 42.0 Å². The second-order valence-electron chi connectivity index (χ2n) is 5.22. The molecular weight excluding hydrogens is 268 g/mol. The molecule has 0 spiro atoms. The second kappa shape index (κ2) is 7.31. The van der Waals surface area contributed by atoms with Crippen LogP contribution in [0.25, 0.3) is 0 Å². The third-order valence-corrected chi connectivity index (χ3v) is 3.58. The van der Waals surface area contributed by atoms with Crippen molar-refractivity contribution in [2.24, 2.45) is 0 Å². The molecule has 1 aliphatic heterocycles. The maximum absolute atomic E-state index is 12.1. The van der Waals surface area contributed by atoms with Crippen molar-refractivity contribution >= 4 is 5.91 Å². The molecule has 0 N–H and O–H groups in total. The van der Waals surface area contributed by atoms with Crippen molar-refractivity contribution < 1.29 is 14.3 Å². The molecule has 0 unspecified atom stereocenters. The average Bonchev–Trinajstić information content (AvgIpc) is 2.48. The number of carbonyl (C=O) groups excluding carboxylic acids is 1. The molecule has 21 heavy (non-hydrogen) atoms. The first-order valence-corrected chi connectivity index (χ1v) is 7.48. The molecule has 1 amide bonds. The van der Waals surface area contributed by atoms with E-state index in [9.17, 15) is 4.79 Å². The Morgan fingerprint density at radius 2 is 1.81 bits per heavy atom. The van der Waals surface area contributed by atoms with E-state index in [1.54, 1.807) is 0 Å². The Morgan fingerprint density at radius 3 is 2.48 bits per heavy atom. The highest BCUT2D eigenvalue weighted by Crippen LogP contribution is 2.30. The number of nitrogens with zero attached hydrogens (tertiary/aromatic N) is 2. The molecule has 1 aromatic carbocycles. The number of carbonyl (C=O) groups is 1. The Morgan fingerprint density at radius 1 is 1.14 bits per heavy atom. The summed E-state index contributed by atoms with van der Waals surface area (Å²) in [5.74, 6) is 1.76. The fraction of sp³-hybridized carbons (Fsp3) is 0.562. The molecule has 0 atom stereocenters. The largest absolute Gasteiger partial charge is 0.486 e. The second-order valence-corrected chi connectivity index (χ2v) is 5.22. The first kappa shape index (κ1) is 15.6. The van der Waals surface area contributed by atoms with E-state index in [0.717, 1.165) is 30.2 Å². The Labute approximate surface area is 126 Å². The van der Waals surface area contributed by atoms with E-state index in [4.69, 9.17) is 9.47 Å². The van der Waals surface area contributed by atoms with E-state index < -0.39 is 0 Å². The van der Waals surface area contributed by atoms with Gasteiger partial charge in [0.05, 0.1) is 6.54 Å². The summed E-state index contributed by atoms with van der Waals surface area (Å²) in [6.07, 6.45) is 0. The Hall–Kier alpha value is -1.75. The maximum Gasteiger partial charge on any atom is 0.236 e. The molecule has 2 rings (SSSR count). The monoisotopic (exact) mass is 292 g/mol. The van der Waals surface area contributed by atoms with Gasteiger partial charge in [0.15, 0.2) is 11.5 Å². The van der Waals surface area contributed by atoms with Crippen molar-refractivity contribution in [3.8, 4) is 11.5 Å². The lowest BCUT2D eigenvalue weighted by atomic mass is 10.2. The van der Waals surface area contributed by atoms with E-state index >= 15 is 0 Å². The zero-order valence-electron chi connectivity index (χ0n) is 13.1. The fourth-order valence-electron chi connectivity index (χ4n) is 2.46. The summed E-state index contributed by atoms with van der Waals surface area (Å²) >= 11 is 0. The van der Waals surface area contributed by atoms with E-state index in [0.29, 0.717) is 26.3 Å². The highest BCUT2D eigenvalue weighted by molar-refractivity contribution is 5.78. The van der Waals surface area contributed by atoms with E-state index in [2.05, 4.69) is 0 Å². The number of ether oxygens (including phenoxy) is 2. The molecular formula is C16H24N2O3. The van der Waals surface area contributed by atoms with Crippen LogP contribution in [-0.2, 0) is 11.3 Å². The number of likely N-dealkylation sites (N-methyl/N-ethyl adjacent to an activating group) is 2. The third-order valence-electron chi connectivity index (χ3n) is 3.58. The van der Waals surface area contributed by atoms with Gasteiger partial charge in [-0.25, -0.2) is 0 Å². The van der Waals surface area contributed by atoms with Crippen LogP contribution in [0.1, 0.15) is 19.4 Å². The first-order valence-electron chi connectivity index (χ1n) is 7.48. The van der Waals surface area contributed by atoms with E-state index in [-0.39, 0.29) is 5.91 Å². The number of benzene rings is 1. The molecule has 0 radical (unpaired) electrons. The summed E-state index contributed by atoms with van der Waals surface area (Å²) in [6, 6.07) is 5.95. The molecule has 0 fully saturated rings. The van der Waals surface area contributed by atoms with Crippen LogP contribution in [0.15, 0.2) is 18.2 Å². The molecule has 116 valence electrons. The Bertz CT molecular complexity index is 486. The lowest BCUT2D eigenvalue weighted by Gasteiger charge is -2.24. The molecule has 1 aliphatic rings. The highest BCUT2D eigenvalue weighted by Gasteiger charge is 2.15. The van der Waals surface area contributed by atoms with Gasteiger partial charge in [0.2, 0.25) is 5.91 Å². The molecule has 0 aromatic heterocycles. The standard InChI is InChI=1S/C16H24N2O3/c1-4-18(5-2)16(19)12-17(3)11-13-6-7-14-15(10-13)21-9-8-20-14/h6-7,10H,4-5,8-9,11-12H2,1-3H3. The van der Waals surface area contributed by atoms with Crippen molar-refractivity contribution in [3.63, 3.8) is 0 Å². The predicted octanol–water partition coefficient (Wildman–Crippen LogP) is 1.76. The molecule has 0 bridgehead atoms. The van der Waals surface area contributed by atoms with Crippen LogP contribution in [0, 0.1) is 0 Å². The summed E-state index contributed by atoms with van der Waals surface area (Å²) in [6.45, 7) is 7.85. The smallest absolute Gasteiger partial charge is 0.236 e. The molecule has 0 aliphatic carbocycles. The normalized spacial score (nSPS) is 13.3. The third kappa shape index (κ3) is 4.11. The highest BCUT2D eigenvalue weighted by atomic mass is 16.6. The predicted molar refractivity (Wildman–Crippen MR) is 81.7 cm³/mol. The molecule has 0 saturated carbocycles. The SMILES string of the molecule is CCN(CC)C(=O)CN(C)Cc1ccc2c(c1)OCCO2. The summed E-state index contributed by atoms with van der Waals surface area (Å²) in [5, 5.41) is 0. The number of amides is 1. The van der Waals surface area contributed by atoms with Gasteiger partial charge in [-0.2, -0.15) is 0 Å². The van der Waals surface area contributed by atoms with Gasteiger partial charge in [0.25, 0.3) is 0 Å². The van der Waals surface area contributed by atoms with Crippen LogP contribution in [0.5, 0.6) is 11.5 Å². The molecule has 1 heterocycles. The number of hydrogen-bond donors (Lipinski definition) is 0. The average molecular weight is 292 g/mol. The Kier molecular flexibility index (Phi) is 5.44. The number of rotatable bonds is 6. The van der Waals surface area contributed by atoms with Crippen LogP contribution in [0.3, 0.4) is 0 Å². The van der Waals surface area contributed by atoms with Gasteiger partial charge in [0, 0.05) is 19.6 Å². The summed E-state index contributed by atoms with van der Waals surface area (Å²) in [4.78, 5) is 15.9. The molecule has 0 saturated heterocycles. The van der Waals surface area contributed by atoms with Crippen molar-refractivity contribution in [1.29, 1.82) is 0 Å². The Balaban J connectivity index is 1.93. The molecule has 5 heteroatoms. The molecule has 1 aromatic rings. The zero-order valence-corrected chi connectivity index (χ0v) is 13.1. The number of fused-ring (bicyclic) bond motifs is 1. The van der Waals surface area contributed by atoms with Gasteiger partial charge in [-0.3, -0.25) is 9.69 Å². The summed E-state index contributed by atoms with van der Waals surface area (Å²) in [7, 11) is 1.96. The van der Waals surface area contributed by atoms with E-state index in [1.165, 1.54) is 0 Å². The quantitative estimate of drug-likeness (QED) is 0.801. The minimum absolute atomic E-state index is 0.167. The van der Waals surface area contributed by atoms with Gasteiger partial charge < -0.3 is 14.4 Å². The van der Waals surface area contributed by atoms with Crippen LogP contribution in [0.2, 0.25) is 0 Å². The minimum Gasteiger partial charge on any atom is -0.486 e. The first-order chi connectivity index (χ1) is 10.1. The summed E-state index contributed by atoms with van der Waals surface area (Å²) in [5.41, 5.74) is 1.12. The van der Waals surface area contributed by atoms with Crippen LogP contribution in [-0.4, -0.2) is 55.6 Å². The van der Waals surface area contributed by atoms with Crippen molar-refractivity contribution in [3.05, 3.63) is 23.8 Å². The lowest BCUT2D eigenvalue weighted by molar-refractivity contribution is -0.131. The van der Waals surface area contributed by atoms with Gasteiger partial charge in [-0.05, 0) is 38.6 Å². The van der Waals surface area contributed by atoms with Gasteiger partial charge in [-0.15, -0.1) is 0 Å². The van der Waals surface area contributed by atoms with Gasteiger partial charge >= 0.3 is 0 Å².